The molecule has 6 nitrogen and oxygen atoms in total. The molecular formula is C25H20ClNO5. The molecule has 162 valence electrons. The number of rotatable bonds is 7. The molecule has 0 spiro atoms. The summed E-state index contributed by atoms with van der Waals surface area (Å²) < 4.78 is 12.8. The normalized spacial score (nSPS) is 10.8. The van der Waals surface area contributed by atoms with Crippen LogP contribution in [0, 0.1) is 0 Å². The first kappa shape index (κ1) is 21.5. The number of carboxylic acids is 1. The lowest BCUT2D eigenvalue weighted by Gasteiger charge is -2.11. The van der Waals surface area contributed by atoms with Gasteiger partial charge in [0.2, 0.25) is 0 Å². The maximum absolute atomic E-state index is 12.3. The van der Waals surface area contributed by atoms with E-state index in [0.29, 0.717) is 33.1 Å². The maximum Gasteiger partial charge on any atom is 0.338 e. The second-order valence-corrected chi connectivity index (χ2v) is 7.45. The summed E-state index contributed by atoms with van der Waals surface area (Å²) >= 11 is 5.93. The number of hydrogen-bond acceptors (Lipinski definition) is 4. The molecule has 0 aliphatic heterocycles. The Kier molecular flexibility index (Phi) is 6.14. The predicted octanol–water partition coefficient (Wildman–Crippen LogP) is 5.88. The fourth-order valence-corrected chi connectivity index (χ4v) is 3.78. The van der Waals surface area contributed by atoms with Crippen molar-refractivity contribution in [2.45, 2.75) is 13.3 Å². The molecule has 4 aromatic rings. The standard InChI is InChI=1S/C25H20ClNO5/c1-2-31-23(28)15-22-24(25(29)30)20-14-19(32-18-10-8-16(26)9-11-18)12-13-21(20)27(22)17-6-4-3-5-7-17/h3-14H,2,15H2,1H3,(H,29,30). The Labute approximate surface area is 189 Å². The monoisotopic (exact) mass is 449 g/mol. The van der Waals surface area contributed by atoms with Gasteiger partial charge in [-0.15, -0.1) is 0 Å². The molecule has 0 amide bonds. The SMILES string of the molecule is CCOC(=O)Cc1c(C(=O)O)c2cc(Oc3ccc(Cl)cc3)ccc2n1-c1ccccc1. The fraction of sp³-hybridized carbons (Fsp3) is 0.120. The summed E-state index contributed by atoms with van der Waals surface area (Å²) in [5.41, 5.74) is 1.78. The number of carbonyl (C=O) groups excluding carboxylic acids is 1. The number of halogens is 1. The zero-order chi connectivity index (χ0) is 22.7. The van der Waals surface area contributed by atoms with Crippen molar-refractivity contribution in [1.82, 2.24) is 4.57 Å². The number of aromatic nitrogens is 1. The third kappa shape index (κ3) is 4.31. The molecule has 0 unspecified atom stereocenters. The highest BCUT2D eigenvalue weighted by Gasteiger charge is 2.25. The smallest absolute Gasteiger partial charge is 0.338 e. The van der Waals surface area contributed by atoms with E-state index in [1.54, 1.807) is 54.0 Å². The number of esters is 1. The van der Waals surface area contributed by atoms with Crippen LogP contribution in [0.4, 0.5) is 0 Å². The topological polar surface area (TPSA) is 77.8 Å². The molecule has 7 heteroatoms. The number of benzene rings is 3. The molecule has 3 aromatic carbocycles. The summed E-state index contributed by atoms with van der Waals surface area (Å²) in [7, 11) is 0. The number of nitrogens with zero attached hydrogens (tertiary/aromatic N) is 1. The van der Waals surface area contributed by atoms with Gasteiger partial charge in [-0.2, -0.15) is 0 Å². The quantitative estimate of drug-likeness (QED) is 0.356. The van der Waals surface area contributed by atoms with E-state index in [-0.39, 0.29) is 18.6 Å². The summed E-state index contributed by atoms with van der Waals surface area (Å²) in [4.78, 5) is 24.6. The van der Waals surface area contributed by atoms with Gasteiger partial charge in [0.05, 0.1) is 24.1 Å². The largest absolute Gasteiger partial charge is 0.478 e. The van der Waals surface area contributed by atoms with Gasteiger partial charge in [-0.3, -0.25) is 4.79 Å². The Hall–Kier alpha value is -3.77. The van der Waals surface area contributed by atoms with Crippen molar-refractivity contribution < 1.29 is 24.2 Å². The molecule has 0 bridgehead atoms. The second kappa shape index (κ2) is 9.16. The van der Waals surface area contributed by atoms with Crippen LogP contribution in [0.15, 0.2) is 72.8 Å². The van der Waals surface area contributed by atoms with Crippen LogP contribution in [0.3, 0.4) is 0 Å². The molecule has 1 heterocycles. The summed E-state index contributed by atoms with van der Waals surface area (Å²) in [6.45, 7) is 1.93. The van der Waals surface area contributed by atoms with Crippen molar-refractivity contribution in [3.05, 3.63) is 89.1 Å². The lowest BCUT2D eigenvalue weighted by atomic mass is 10.1. The number of carbonyl (C=O) groups is 2. The molecule has 1 aromatic heterocycles. The molecule has 1 N–H and O–H groups in total. The highest BCUT2D eigenvalue weighted by atomic mass is 35.5. The van der Waals surface area contributed by atoms with Crippen molar-refractivity contribution >= 4 is 34.4 Å². The lowest BCUT2D eigenvalue weighted by molar-refractivity contribution is -0.142. The molecule has 0 fully saturated rings. The minimum absolute atomic E-state index is 0.0402. The first-order valence-electron chi connectivity index (χ1n) is 10.0. The van der Waals surface area contributed by atoms with Gasteiger partial charge < -0.3 is 19.1 Å². The number of para-hydroxylation sites is 1. The number of fused-ring (bicyclic) bond motifs is 1. The Morgan fingerprint density at radius 2 is 1.66 bits per heavy atom. The van der Waals surface area contributed by atoms with Crippen molar-refractivity contribution in [3.63, 3.8) is 0 Å². The Morgan fingerprint density at radius 1 is 0.969 bits per heavy atom. The molecule has 0 atom stereocenters. The fourth-order valence-electron chi connectivity index (χ4n) is 3.65. The van der Waals surface area contributed by atoms with E-state index >= 15 is 0 Å². The van der Waals surface area contributed by atoms with Crippen LogP contribution in [-0.4, -0.2) is 28.2 Å². The first-order chi connectivity index (χ1) is 15.5. The van der Waals surface area contributed by atoms with E-state index in [0.717, 1.165) is 5.69 Å². The molecule has 0 saturated heterocycles. The summed E-state index contributed by atoms with van der Waals surface area (Å²) in [5.74, 6) is -0.588. The van der Waals surface area contributed by atoms with Gasteiger partial charge in [0, 0.05) is 21.8 Å². The van der Waals surface area contributed by atoms with Crippen molar-refractivity contribution in [2.24, 2.45) is 0 Å². The number of ether oxygens (including phenoxy) is 2. The number of hydrogen-bond donors (Lipinski definition) is 1. The highest BCUT2D eigenvalue weighted by molar-refractivity contribution is 6.30. The zero-order valence-electron chi connectivity index (χ0n) is 17.2. The highest BCUT2D eigenvalue weighted by Crippen LogP contribution is 2.34. The zero-order valence-corrected chi connectivity index (χ0v) is 18.0. The van der Waals surface area contributed by atoms with Gasteiger partial charge in [0.25, 0.3) is 0 Å². The van der Waals surface area contributed by atoms with Gasteiger partial charge in [-0.05, 0) is 61.5 Å². The maximum atomic E-state index is 12.3. The van der Waals surface area contributed by atoms with Crippen LogP contribution >= 0.6 is 11.6 Å². The van der Waals surface area contributed by atoms with Gasteiger partial charge in [0.15, 0.2) is 0 Å². The third-order valence-electron chi connectivity index (χ3n) is 4.93. The van der Waals surface area contributed by atoms with E-state index in [9.17, 15) is 14.7 Å². The lowest BCUT2D eigenvalue weighted by Crippen LogP contribution is -2.14. The van der Waals surface area contributed by atoms with Crippen LogP contribution < -0.4 is 4.74 Å². The molecular weight excluding hydrogens is 430 g/mol. The summed E-state index contributed by atoms with van der Waals surface area (Å²) in [6.07, 6.45) is -0.174. The van der Waals surface area contributed by atoms with Crippen molar-refractivity contribution in [3.8, 4) is 17.2 Å². The number of aromatic carboxylic acids is 1. The molecule has 4 rings (SSSR count). The van der Waals surface area contributed by atoms with Gasteiger partial charge in [0.1, 0.15) is 11.5 Å². The minimum Gasteiger partial charge on any atom is -0.478 e. The van der Waals surface area contributed by atoms with Gasteiger partial charge >= 0.3 is 11.9 Å². The predicted molar refractivity (Wildman–Crippen MR) is 122 cm³/mol. The molecule has 0 aliphatic rings. The van der Waals surface area contributed by atoms with Crippen molar-refractivity contribution in [1.29, 1.82) is 0 Å². The molecule has 0 aliphatic carbocycles. The van der Waals surface area contributed by atoms with E-state index in [1.165, 1.54) is 0 Å². The minimum atomic E-state index is -1.13. The van der Waals surface area contributed by atoms with Crippen LogP contribution in [0.5, 0.6) is 11.5 Å². The second-order valence-electron chi connectivity index (χ2n) is 7.01. The number of carboxylic acid groups (broad SMARTS) is 1. The van der Waals surface area contributed by atoms with E-state index in [2.05, 4.69) is 0 Å². The average Bonchev–Trinajstić information content (AvgIpc) is 3.09. The Balaban J connectivity index is 1.90. The van der Waals surface area contributed by atoms with Crippen molar-refractivity contribution in [2.75, 3.05) is 6.61 Å². The average molecular weight is 450 g/mol. The summed E-state index contributed by atoms with van der Waals surface area (Å²) in [5, 5.41) is 11.1. The van der Waals surface area contributed by atoms with E-state index in [1.807, 2.05) is 30.3 Å². The van der Waals surface area contributed by atoms with Gasteiger partial charge in [-0.1, -0.05) is 29.8 Å². The summed E-state index contributed by atoms with van der Waals surface area (Å²) in [6, 6.07) is 21.4. The third-order valence-corrected chi connectivity index (χ3v) is 5.18. The molecule has 32 heavy (non-hydrogen) atoms. The van der Waals surface area contributed by atoms with Crippen LogP contribution in [0.1, 0.15) is 23.0 Å². The van der Waals surface area contributed by atoms with Gasteiger partial charge in [-0.25, -0.2) is 4.79 Å². The Bertz CT molecular complexity index is 1280. The first-order valence-corrected chi connectivity index (χ1v) is 10.4. The Morgan fingerprint density at radius 3 is 2.31 bits per heavy atom. The molecule has 0 saturated carbocycles. The van der Waals surface area contributed by atoms with E-state index in [4.69, 9.17) is 21.1 Å². The van der Waals surface area contributed by atoms with Crippen LogP contribution in [-0.2, 0) is 16.0 Å². The van der Waals surface area contributed by atoms with E-state index < -0.39 is 11.9 Å². The van der Waals surface area contributed by atoms with Crippen LogP contribution in [0.2, 0.25) is 5.02 Å². The van der Waals surface area contributed by atoms with Crippen LogP contribution in [0.25, 0.3) is 16.6 Å². The molecule has 0 radical (unpaired) electrons.